The minimum atomic E-state index is -2.19. The predicted molar refractivity (Wildman–Crippen MR) is 139 cm³/mol. The van der Waals surface area contributed by atoms with Crippen molar-refractivity contribution in [3.05, 3.63) is 46.6 Å². The number of esters is 1. The maximum absolute atomic E-state index is 14.5. The lowest BCUT2D eigenvalue weighted by atomic mass is 9.59. The minimum absolute atomic E-state index is 0.0504. The number of Topliss-reactive ketones (excluding diaryl/α,β-unsaturated/α-hetero) is 1. The summed E-state index contributed by atoms with van der Waals surface area (Å²) < 4.78 is 16.7. The number of aliphatic hydroxyl groups is 3. The van der Waals surface area contributed by atoms with Crippen LogP contribution in [0.4, 0.5) is 0 Å². The van der Waals surface area contributed by atoms with Crippen molar-refractivity contribution in [1.29, 1.82) is 0 Å². The summed E-state index contributed by atoms with van der Waals surface area (Å²) in [5.41, 5.74) is -2.38. The molecule has 1 aromatic carbocycles. The summed E-state index contributed by atoms with van der Waals surface area (Å²) in [7, 11) is 2.94. The molecule has 4 aliphatic carbocycles. The largest absolute Gasteiger partial charge is 0.497 e. The van der Waals surface area contributed by atoms with E-state index in [2.05, 4.69) is 13.8 Å². The Bertz CT molecular complexity index is 1260. The fourth-order valence-corrected chi connectivity index (χ4v) is 8.02. The number of ketones is 1. The first-order chi connectivity index (χ1) is 17.8. The Kier molecular flexibility index (Phi) is 6.13. The molecule has 8 nitrogen and oxygen atoms in total. The zero-order valence-electron chi connectivity index (χ0n) is 23.1. The van der Waals surface area contributed by atoms with Crippen molar-refractivity contribution < 1.29 is 39.1 Å². The molecule has 2 bridgehead atoms. The van der Waals surface area contributed by atoms with Crippen molar-refractivity contribution in [2.75, 3.05) is 20.8 Å². The summed E-state index contributed by atoms with van der Waals surface area (Å²) in [6.45, 7) is 9.11. The van der Waals surface area contributed by atoms with E-state index in [1.165, 1.54) is 14.2 Å². The monoisotopic (exact) mass is 526 g/mol. The van der Waals surface area contributed by atoms with E-state index in [4.69, 9.17) is 14.2 Å². The van der Waals surface area contributed by atoms with Crippen LogP contribution in [0.5, 0.6) is 11.5 Å². The second-order valence-electron chi connectivity index (χ2n) is 12.2. The summed E-state index contributed by atoms with van der Waals surface area (Å²) in [5, 5.41) is 34.5. The topological polar surface area (TPSA) is 123 Å². The molecule has 4 aliphatic rings. The SMILES string of the molecule is COc1cc(C)c(C(=O)O[C@H]2C(C)=C[C@]34C(=O)C(C=C(CO)[C@@H](O)[C@]23O)[C@H]2[C@@H](C[C@H]4C)C2(C)C)c(OC)c1. The van der Waals surface area contributed by atoms with E-state index in [0.29, 0.717) is 23.3 Å². The van der Waals surface area contributed by atoms with Crippen molar-refractivity contribution in [3.63, 3.8) is 0 Å². The molecule has 206 valence electrons. The number of hydrogen-bond acceptors (Lipinski definition) is 8. The van der Waals surface area contributed by atoms with Crippen LogP contribution in [0.2, 0.25) is 0 Å². The summed E-state index contributed by atoms with van der Waals surface area (Å²) >= 11 is 0. The molecule has 8 heteroatoms. The summed E-state index contributed by atoms with van der Waals surface area (Å²) in [6.07, 6.45) is 1.13. The van der Waals surface area contributed by atoms with Crippen LogP contribution in [0.25, 0.3) is 0 Å². The highest BCUT2D eigenvalue weighted by atomic mass is 16.6. The van der Waals surface area contributed by atoms with Gasteiger partial charge in [0.2, 0.25) is 0 Å². The Morgan fingerprint density at radius 1 is 1.16 bits per heavy atom. The fraction of sp³-hybridized carbons (Fsp3) is 0.600. The molecule has 38 heavy (non-hydrogen) atoms. The van der Waals surface area contributed by atoms with Crippen LogP contribution in [0, 0.1) is 41.4 Å². The van der Waals surface area contributed by atoms with Gasteiger partial charge < -0.3 is 29.5 Å². The van der Waals surface area contributed by atoms with E-state index in [0.717, 1.165) is 0 Å². The molecule has 8 atom stereocenters. The van der Waals surface area contributed by atoms with Crippen molar-refractivity contribution in [2.45, 2.75) is 58.8 Å². The average molecular weight is 527 g/mol. The number of benzene rings is 1. The Hall–Kier alpha value is -2.68. The average Bonchev–Trinajstić information content (AvgIpc) is 3.36. The quantitative estimate of drug-likeness (QED) is 0.395. The lowest BCUT2D eigenvalue weighted by Crippen LogP contribution is -2.65. The summed E-state index contributed by atoms with van der Waals surface area (Å²) in [6, 6.07) is 3.25. The highest BCUT2D eigenvalue weighted by molar-refractivity contribution is 5.97. The molecule has 1 unspecified atom stereocenters. The molecular weight excluding hydrogens is 488 g/mol. The van der Waals surface area contributed by atoms with Crippen molar-refractivity contribution in [3.8, 4) is 11.5 Å². The number of rotatable bonds is 5. The van der Waals surface area contributed by atoms with Gasteiger partial charge in [0.25, 0.3) is 0 Å². The van der Waals surface area contributed by atoms with E-state index in [1.807, 2.05) is 6.92 Å². The number of allylic oxidation sites excluding steroid dienone is 1. The molecular formula is C30H38O8. The van der Waals surface area contributed by atoms with Crippen LogP contribution in [-0.4, -0.2) is 65.7 Å². The molecule has 1 spiro atoms. The van der Waals surface area contributed by atoms with Gasteiger partial charge in [-0.25, -0.2) is 4.79 Å². The minimum Gasteiger partial charge on any atom is -0.497 e. The zero-order valence-corrected chi connectivity index (χ0v) is 23.1. The second kappa shape index (κ2) is 8.66. The van der Waals surface area contributed by atoms with Crippen molar-refractivity contribution >= 4 is 11.8 Å². The van der Waals surface area contributed by atoms with Crippen LogP contribution in [-0.2, 0) is 9.53 Å². The third kappa shape index (κ3) is 3.26. The van der Waals surface area contributed by atoms with Crippen LogP contribution >= 0.6 is 0 Å². The molecule has 0 aromatic heterocycles. The summed E-state index contributed by atoms with van der Waals surface area (Å²) in [4.78, 5) is 28.1. The van der Waals surface area contributed by atoms with Gasteiger partial charge in [-0.3, -0.25) is 4.79 Å². The van der Waals surface area contributed by atoms with E-state index in [9.17, 15) is 24.9 Å². The zero-order chi connectivity index (χ0) is 27.9. The maximum atomic E-state index is 14.5. The van der Waals surface area contributed by atoms with E-state index >= 15 is 0 Å². The van der Waals surface area contributed by atoms with Gasteiger partial charge in [-0.1, -0.05) is 32.9 Å². The van der Waals surface area contributed by atoms with Gasteiger partial charge in [0.1, 0.15) is 23.2 Å². The number of carbonyl (C=O) groups excluding carboxylic acids is 2. The molecule has 1 aromatic rings. The first-order valence-electron chi connectivity index (χ1n) is 13.2. The molecule has 0 radical (unpaired) electrons. The third-order valence-electron chi connectivity index (χ3n) is 10.1. The fourth-order valence-electron chi connectivity index (χ4n) is 8.02. The van der Waals surface area contributed by atoms with Gasteiger partial charge in [-0.2, -0.15) is 0 Å². The number of carbonyl (C=O) groups is 2. The molecule has 2 saturated carbocycles. The smallest absolute Gasteiger partial charge is 0.342 e. The van der Waals surface area contributed by atoms with Crippen LogP contribution in [0.3, 0.4) is 0 Å². The Labute approximate surface area is 223 Å². The van der Waals surface area contributed by atoms with Gasteiger partial charge in [0, 0.05) is 12.0 Å². The van der Waals surface area contributed by atoms with Gasteiger partial charge in [-0.05, 0) is 66.2 Å². The van der Waals surface area contributed by atoms with Crippen LogP contribution < -0.4 is 9.47 Å². The highest BCUT2D eigenvalue weighted by Gasteiger charge is 2.76. The summed E-state index contributed by atoms with van der Waals surface area (Å²) in [5.74, 6) is -0.781. The Morgan fingerprint density at radius 2 is 1.84 bits per heavy atom. The number of hydrogen-bond donors (Lipinski definition) is 3. The Balaban J connectivity index is 1.62. The third-order valence-corrected chi connectivity index (χ3v) is 10.1. The molecule has 3 N–H and O–H groups in total. The van der Waals surface area contributed by atoms with Gasteiger partial charge in [-0.15, -0.1) is 0 Å². The maximum Gasteiger partial charge on any atom is 0.342 e. The van der Waals surface area contributed by atoms with Crippen molar-refractivity contribution in [1.82, 2.24) is 0 Å². The number of methoxy groups -OCH3 is 2. The lowest BCUT2D eigenvalue weighted by molar-refractivity contribution is -0.190. The molecule has 2 fully saturated rings. The lowest BCUT2D eigenvalue weighted by Gasteiger charge is -2.48. The van der Waals surface area contributed by atoms with E-state index < -0.39 is 41.7 Å². The number of ether oxygens (including phenoxy) is 3. The molecule has 5 rings (SSSR count). The number of fused-ring (bicyclic) bond motifs is 3. The number of aryl methyl sites for hydroxylation is 1. The van der Waals surface area contributed by atoms with Crippen LogP contribution in [0.1, 0.15) is 50.0 Å². The van der Waals surface area contributed by atoms with E-state index in [-0.39, 0.29) is 45.8 Å². The van der Waals surface area contributed by atoms with E-state index in [1.54, 1.807) is 38.1 Å². The standard InChI is InChI=1S/C30H38O8/c1-14-8-18(36-6)11-21(37-7)22(14)27(34)38-26-15(2)12-29-16(3)9-20-23(28(20,4)5)19(25(29)33)10-17(13-31)24(32)30(26,29)35/h8,10-12,16,19-20,23-24,26,31-32,35H,9,13H2,1-7H3/t16-,19?,20-,23+,24-,26+,29+,30+/m1/s1. The van der Waals surface area contributed by atoms with Crippen LogP contribution in [0.15, 0.2) is 35.4 Å². The molecule has 0 aliphatic heterocycles. The highest BCUT2D eigenvalue weighted by Crippen LogP contribution is 2.71. The number of aliphatic hydroxyl groups excluding tert-OH is 2. The second-order valence-corrected chi connectivity index (χ2v) is 12.2. The van der Waals surface area contributed by atoms with Gasteiger partial charge in [0.05, 0.1) is 26.2 Å². The normalized spacial score (nSPS) is 38.6. The first-order valence-corrected chi connectivity index (χ1v) is 13.2. The van der Waals surface area contributed by atoms with Gasteiger partial charge in [0.15, 0.2) is 17.5 Å². The first kappa shape index (κ1) is 26.9. The van der Waals surface area contributed by atoms with Crippen molar-refractivity contribution in [2.24, 2.45) is 34.5 Å². The van der Waals surface area contributed by atoms with Gasteiger partial charge >= 0.3 is 5.97 Å². The molecule has 0 amide bonds. The predicted octanol–water partition coefficient (Wildman–Crippen LogP) is 3.01. The molecule has 0 heterocycles. The molecule has 0 saturated heterocycles. The Morgan fingerprint density at radius 3 is 2.45 bits per heavy atom.